The Kier molecular flexibility index (Phi) is 5.98. The third kappa shape index (κ3) is 4.55. The molecule has 0 spiro atoms. The first kappa shape index (κ1) is 14.3. The van der Waals surface area contributed by atoms with E-state index in [0.29, 0.717) is 12.3 Å². The van der Waals surface area contributed by atoms with Crippen LogP contribution >= 0.6 is 23.1 Å². The largest absolute Gasteiger partial charge is 0.391 e. The number of rotatable bonds is 6. The van der Waals surface area contributed by atoms with Crippen LogP contribution in [0.5, 0.6) is 0 Å². The fraction of sp³-hybridized carbons (Fsp3) is 0.692. The van der Waals surface area contributed by atoms with E-state index in [4.69, 9.17) is 5.73 Å². The molecule has 2 rings (SSSR count). The zero-order chi connectivity index (χ0) is 12.8. The van der Waals surface area contributed by atoms with Gasteiger partial charge >= 0.3 is 0 Å². The van der Waals surface area contributed by atoms with Crippen LogP contribution in [0.4, 0.5) is 0 Å². The highest BCUT2D eigenvalue weighted by molar-refractivity contribution is 8.01. The van der Waals surface area contributed by atoms with Crippen LogP contribution in [0.2, 0.25) is 0 Å². The van der Waals surface area contributed by atoms with Crippen molar-refractivity contribution in [1.29, 1.82) is 0 Å². The van der Waals surface area contributed by atoms with Gasteiger partial charge in [-0.1, -0.05) is 6.42 Å². The minimum Gasteiger partial charge on any atom is -0.391 e. The number of hydrogen-bond donors (Lipinski definition) is 2. The van der Waals surface area contributed by atoms with Gasteiger partial charge in [-0.15, -0.1) is 23.1 Å². The zero-order valence-electron chi connectivity index (χ0n) is 10.7. The molecule has 0 aromatic carbocycles. The summed E-state index contributed by atoms with van der Waals surface area (Å²) in [5.41, 5.74) is 5.40. The summed E-state index contributed by atoms with van der Waals surface area (Å²) in [4.78, 5) is 3.97. The number of aliphatic hydroxyl groups excluding tert-OH is 1. The summed E-state index contributed by atoms with van der Waals surface area (Å²) in [5.74, 6) is 0.695. The molecule has 0 radical (unpaired) electrons. The summed E-state index contributed by atoms with van der Waals surface area (Å²) in [5, 5.41) is 9.44. The van der Waals surface area contributed by atoms with Crippen LogP contribution in [0.15, 0.2) is 16.3 Å². The third-order valence-corrected chi connectivity index (χ3v) is 5.60. The Labute approximate surface area is 117 Å². The summed E-state index contributed by atoms with van der Waals surface area (Å²) in [7, 11) is 0. The van der Waals surface area contributed by atoms with Crippen LogP contribution in [-0.4, -0.2) is 41.5 Å². The van der Waals surface area contributed by atoms with Gasteiger partial charge in [0.1, 0.15) is 0 Å². The second-order valence-corrected chi connectivity index (χ2v) is 7.25. The Balaban J connectivity index is 1.78. The maximum atomic E-state index is 9.44. The monoisotopic (exact) mass is 286 g/mol. The molecule has 1 aromatic rings. The fourth-order valence-electron chi connectivity index (χ4n) is 2.11. The van der Waals surface area contributed by atoms with Crippen molar-refractivity contribution in [3.8, 4) is 0 Å². The van der Waals surface area contributed by atoms with E-state index in [-0.39, 0.29) is 6.10 Å². The molecule has 18 heavy (non-hydrogen) atoms. The van der Waals surface area contributed by atoms with Gasteiger partial charge in [-0.3, -0.25) is 4.90 Å². The van der Waals surface area contributed by atoms with E-state index in [1.54, 1.807) is 11.8 Å². The summed E-state index contributed by atoms with van der Waals surface area (Å²) < 4.78 is 1.29. The molecule has 1 fully saturated rings. The number of nitrogens with zero attached hydrogens (tertiary/aromatic N) is 1. The fourth-order valence-corrected chi connectivity index (χ4v) is 4.30. The molecule has 102 valence electrons. The molecule has 1 unspecified atom stereocenters. The molecule has 2 heterocycles. The van der Waals surface area contributed by atoms with Crippen molar-refractivity contribution in [2.24, 2.45) is 5.73 Å². The molecule has 1 aliphatic heterocycles. The Bertz CT molecular complexity index is 351. The van der Waals surface area contributed by atoms with E-state index in [9.17, 15) is 5.11 Å². The normalized spacial score (nSPS) is 19.0. The quantitative estimate of drug-likeness (QED) is 0.787. The van der Waals surface area contributed by atoms with Crippen molar-refractivity contribution >= 4 is 23.1 Å². The average molecular weight is 286 g/mol. The molecule has 3 nitrogen and oxygen atoms in total. The molecule has 5 heteroatoms. The highest BCUT2D eigenvalue weighted by Crippen LogP contribution is 2.29. The van der Waals surface area contributed by atoms with E-state index in [0.717, 1.165) is 6.54 Å². The van der Waals surface area contributed by atoms with E-state index in [1.165, 1.54) is 41.4 Å². The maximum absolute atomic E-state index is 9.44. The molecule has 0 saturated carbocycles. The predicted octanol–water partition coefficient (Wildman–Crippen LogP) is 2.15. The number of aliphatic hydroxyl groups is 1. The van der Waals surface area contributed by atoms with Crippen molar-refractivity contribution in [2.75, 3.05) is 25.4 Å². The second kappa shape index (κ2) is 7.50. The summed E-state index contributed by atoms with van der Waals surface area (Å²) in [6, 6.07) is 4.38. The second-order valence-electron chi connectivity index (χ2n) is 4.76. The maximum Gasteiger partial charge on any atom is 0.0756 e. The van der Waals surface area contributed by atoms with Crippen LogP contribution in [0, 0.1) is 0 Å². The third-order valence-electron chi connectivity index (χ3n) is 3.16. The van der Waals surface area contributed by atoms with Gasteiger partial charge in [-0.05, 0) is 38.1 Å². The van der Waals surface area contributed by atoms with Crippen molar-refractivity contribution < 1.29 is 5.11 Å². The Morgan fingerprint density at radius 1 is 1.33 bits per heavy atom. The molecule has 1 aliphatic rings. The smallest absolute Gasteiger partial charge is 0.0756 e. The predicted molar refractivity (Wildman–Crippen MR) is 79.2 cm³/mol. The number of hydrogen-bond acceptors (Lipinski definition) is 5. The summed E-state index contributed by atoms with van der Waals surface area (Å²) in [6.45, 7) is 3.92. The van der Waals surface area contributed by atoms with Gasteiger partial charge in [0, 0.05) is 23.7 Å². The standard InChI is InChI=1S/C13H22N2OS2/c14-8-11(16)10-17-13-5-4-12(18-13)9-15-6-2-1-3-7-15/h4-5,11,16H,1-3,6-10,14H2. The van der Waals surface area contributed by atoms with Crippen LogP contribution in [0.1, 0.15) is 24.1 Å². The highest BCUT2D eigenvalue weighted by atomic mass is 32.2. The lowest BCUT2D eigenvalue weighted by Crippen LogP contribution is -2.28. The molecule has 1 saturated heterocycles. The van der Waals surface area contributed by atoms with Crippen LogP contribution < -0.4 is 5.73 Å². The van der Waals surface area contributed by atoms with E-state index < -0.39 is 0 Å². The molecule has 0 bridgehead atoms. The van der Waals surface area contributed by atoms with E-state index in [2.05, 4.69) is 17.0 Å². The number of thiophene rings is 1. The first-order chi connectivity index (χ1) is 8.78. The van der Waals surface area contributed by atoms with Gasteiger partial charge in [-0.2, -0.15) is 0 Å². The number of likely N-dealkylation sites (tertiary alicyclic amines) is 1. The van der Waals surface area contributed by atoms with Gasteiger partial charge in [-0.25, -0.2) is 0 Å². The van der Waals surface area contributed by atoms with Crippen molar-refractivity contribution in [3.05, 3.63) is 17.0 Å². The average Bonchev–Trinajstić information content (AvgIpc) is 2.85. The van der Waals surface area contributed by atoms with Crippen LogP contribution in [0.25, 0.3) is 0 Å². The van der Waals surface area contributed by atoms with Gasteiger partial charge in [0.2, 0.25) is 0 Å². The molecule has 0 amide bonds. The first-order valence-corrected chi connectivity index (χ1v) is 8.40. The Hall–Kier alpha value is -0.0700. The summed E-state index contributed by atoms with van der Waals surface area (Å²) >= 11 is 3.55. The summed E-state index contributed by atoms with van der Waals surface area (Å²) in [6.07, 6.45) is 3.69. The molecule has 1 atom stereocenters. The number of thioether (sulfide) groups is 1. The topological polar surface area (TPSA) is 49.5 Å². The Morgan fingerprint density at radius 3 is 2.83 bits per heavy atom. The zero-order valence-corrected chi connectivity index (χ0v) is 12.3. The lowest BCUT2D eigenvalue weighted by molar-refractivity contribution is 0.208. The van der Waals surface area contributed by atoms with E-state index >= 15 is 0 Å². The molecule has 0 aliphatic carbocycles. The number of piperidine rings is 1. The lowest BCUT2D eigenvalue weighted by Gasteiger charge is -2.25. The van der Waals surface area contributed by atoms with Gasteiger partial charge in [0.25, 0.3) is 0 Å². The van der Waals surface area contributed by atoms with Crippen molar-refractivity contribution in [1.82, 2.24) is 4.90 Å². The molecule has 1 aromatic heterocycles. The van der Waals surface area contributed by atoms with Crippen LogP contribution in [-0.2, 0) is 6.54 Å². The van der Waals surface area contributed by atoms with Gasteiger partial charge in [0.15, 0.2) is 0 Å². The van der Waals surface area contributed by atoms with Gasteiger partial charge < -0.3 is 10.8 Å². The molecule has 3 N–H and O–H groups in total. The van der Waals surface area contributed by atoms with Crippen LogP contribution in [0.3, 0.4) is 0 Å². The molecular weight excluding hydrogens is 264 g/mol. The van der Waals surface area contributed by atoms with Gasteiger partial charge in [0.05, 0.1) is 10.3 Å². The minimum atomic E-state index is -0.386. The number of nitrogens with two attached hydrogens (primary N) is 1. The highest BCUT2D eigenvalue weighted by Gasteiger charge is 2.12. The SMILES string of the molecule is NCC(O)CSc1ccc(CN2CCCCC2)s1. The van der Waals surface area contributed by atoms with Crippen molar-refractivity contribution in [2.45, 2.75) is 36.1 Å². The van der Waals surface area contributed by atoms with Crippen molar-refractivity contribution in [3.63, 3.8) is 0 Å². The Morgan fingerprint density at radius 2 is 2.11 bits per heavy atom. The first-order valence-electron chi connectivity index (χ1n) is 6.60. The lowest BCUT2D eigenvalue weighted by atomic mass is 10.1. The molecular formula is C13H22N2OS2. The van der Waals surface area contributed by atoms with E-state index in [1.807, 2.05) is 11.3 Å². The minimum absolute atomic E-state index is 0.346.